The molecule has 2 aromatic carbocycles. The number of aromatic amines is 1. The van der Waals surface area contributed by atoms with Crippen LogP contribution >= 0.6 is 0 Å². The molecule has 0 saturated carbocycles. The minimum Gasteiger partial charge on any atom is -0.497 e. The first-order valence-corrected chi connectivity index (χ1v) is 7.57. The van der Waals surface area contributed by atoms with Crippen LogP contribution in [0, 0.1) is 10.1 Å². The maximum Gasteiger partial charge on any atom is 0.270 e. The second-order valence-corrected chi connectivity index (χ2v) is 5.45. The van der Waals surface area contributed by atoms with E-state index in [0.29, 0.717) is 0 Å². The standard InChI is InChI=1S/C18H18N2O3/c1-3-5-15-16-11-13(20(21)22)8-9-17(16)19-18(15)12-6-4-7-14(10-12)23-2/h4,6-11,19H,3,5H2,1-2H3. The van der Waals surface area contributed by atoms with Gasteiger partial charge in [-0.25, -0.2) is 0 Å². The van der Waals surface area contributed by atoms with Crippen molar-refractivity contribution in [3.8, 4) is 17.0 Å². The van der Waals surface area contributed by atoms with Gasteiger partial charge in [0.2, 0.25) is 0 Å². The molecule has 3 rings (SSSR count). The summed E-state index contributed by atoms with van der Waals surface area (Å²) in [6.45, 7) is 2.10. The fraction of sp³-hybridized carbons (Fsp3) is 0.222. The zero-order valence-electron chi connectivity index (χ0n) is 13.1. The van der Waals surface area contributed by atoms with Crippen molar-refractivity contribution in [3.05, 3.63) is 58.1 Å². The molecular formula is C18H18N2O3. The Balaban J connectivity index is 2.22. The van der Waals surface area contributed by atoms with E-state index in [0.717, 1.165) is 46.3 Å². The van der Waals surface area contributed by atoms with E-state index in [1.165, 1.54) is 6.07 Å². The zero-order valence-corrected chi connectivity index (χ0v) is 13.1. The Labute approximate surface area is 134 Å². The smallest absolute Gasteiger partial charge is 0.270 e. The number of fused-ring (bicyclic) bond motifs is 1. The molecule has 0 atom stereocenters. The van der Waals surface area contributed by atoms with Crippen molar-refractivity contribution in [2.45, 2.75) is 19.8 Å². The molecule has 3 aromatic rings. The van der Waals surface area contributed by atoms with E-state index < -0.39 is 0 Å². The summed E-state index contributed by atoms with van der Waals surface area (Å²) in [5, 5.41) is 12.0. The lowest BCUT2D eigenvalue weighted by molar-refractivity contribution is -0.384. The van der Waals surface area contributed by atoms with E-state index in [1.54, 1.807) is 19.2 Å². The van der Waals surface area contributed by atoms with Crippen LogP contribution in [-0.4, -0.2) is 17.0 Å². The maximum atomic E-state index is 11.1. The van der Waals surface area contributed by atoms with Gasteiger partial charge in [-0.05, 0) is 30.2 Å². The van der Waals surface area contributed by atoms with Gasteiger partial charge in [0.1, 0.15) is 5.75 Å². The molecule has 0 bridgehead atoms. The van der Waals surface area contributed by atoms with Gasteiger partial charge in [-0.15, -0.1) is 0 Å². The highest BCUT2D eigenvalue weighted by Crippen LogP contribution is 2.34. The molecule has 5 heteroatoms. The normalized spacial score (nSPS) is 10.9. The Morgan fingerprint density at radius 2 is 2.04 bits per heavy atom. The molecule has 0 fully saturated rings. The van der Waals surface area contributed by atoms with Gasteiger partial charge in [0, 0.05) is 34.3 Å². The molecule has 0 aliphatic carbocycles. The molecule has 0 saturated heterocycles. The summed E-state index contributed by atoms with van der Waals surface area (Å²) in [7, 11) is 1.64. The summed E-state index contributed by atoms with van der Waals surface area (Å²) < 4.78 is 5.30. The molecule has 0 spiro atoms. The third-order valence-electron chi connectivity index (χ3n) is 3.96. The number of hydrogen-bond donors (Lipinski definition) is 1. The fourth-order valence-electron chi connectivity index (χ4n) is 2.88. The van der Waals surface area contributed by atoms with E-state index in [4.69, 9.17) is 4.74 Å². The highest BCUT2D eigenvalue weighted by molar-refractivity contribution is 5.92. The van der Waals surface area contributed by atoms with Crippen LogP contribution in [0.2, 0.25) is 0 Å². The maximum absolute atomic E-state index is 11.1. The third kappa shape index (κ3) is 2.77. The van der Waals surface area contributed by atoms with Crippen molar-refractivity contribution in [1.29, 1.82) is 0 Å². The number of hydrogen-bond acceptors (Lipinski definition) is 3. The molecule has 1 N–H and O–H groups in total. The number of nitrogens with one attached hydrogen (secondary N) is 1. The van der Waals surface area contributed by atoms with Gasteiger partial charge in [0.05, 0.1) is 12.0 Å². The van der Waals surface area contributed by atoms with Gasteiger partial charge >= 0.3 is 0 Å². The van der Waals surface area contributed by atoms with Crippen LogP contribution in [0.1, 0.15) is 18.9 Å². The molecule has 0 radical (unpaired) electrons. The lowest BCUT2D eigenvalue weighted by atomic mass is 10.0. The second kappa shape index (κ2) is 6.12. The fourth-order valence-corrected chi connectivity index (χ4v) is 2.88. The van der Waals surface area contributed by atoms with Crippen LogP contribution in [0.15, 0.2) is 42.5 Å². The van der Waals surface area contributed by atoms with Gasteiger partial charge in [-0.3, -0.25) is 10.1 Å². The summed E-state index contributed by atoms with van der Waals surface area (Å²) in [4.78, 5) is 14.1. The number of benzene rings is 2. The van der Waals surface area contributed by atoms with Gasteiger partial charge in [-0.1, -0.05) is 25.5 Å². The predicted octanol–water partition coefficient (Wildman–Crippen LogP) is 4.70. The molecule has 118 valence electrons. The Morgan fingerprint density at radius 3 is 2.74 bits per heavy atom. The number of nitro benzene ring substituents is 1. The number of methoxy groups -OCH3 is 1. The van der Waals surface area contributed by atoms with E-state index in [9.17, 15) is 10.1 Å². The molecule has 0 amide bonds. The third-order valence-corrected chi connectivity index (χ3v) is 3.96. The Morgan fingerprint density at radius 1 is 1.22 bits per heavy atom. The number of non-ortho nitro benzene ring substituents is 1. The van der Waals surface area contributed by atoms with Gasteiger partial charge in [0.25, 0.3) is 5.69 Å². The Kier molecular flexibility index (Phi) is 4.02. The molecule has 0 aliphatic heterocycles. The first-order chi connectivity index (χ1) is 11.1. The highest BCUT2D eigenvalue weighted by Gasteiger charge is 2.16. The number of ether oxygens (including phenoxy) is 1. The number of H-pyrrole nitrogens is 1. The predicted molar refractivity (Wildman–Crippen MR) is 90.9 cm³/mol. The minimum absolute atomic E-state index is 0.117. The van der Waals surface area contributed by atoms with E-state index in [-0.39, 0.29) is 10.6 Å². The second-order valence-electron chi connectivity index (χ2n) is 5.45. The molecule has 1 aromatic heterocycles. The van der Waals surface area contributed by atoms with Crippen LogP contribution in [0.4, 0.5) is 5.69 Å². The summed E-state index contributed by atoms with van der Waals surface area (Å²) in [6.07, 6.45) is 1.82. The van der Waals surface area contributed by atoms with Crippen molar-refractivity contribution in [2.75, 3.05) is 7.11 Å². The van der Waals surface area contributed by atoms with E-state index in [1.807, 2.05) is 24.3 Å². The molecule has 5 nitrogen and oxygen atoms in total. The summed E-state index contributed by atoms with van der Waals surface area (Å²) in [6, 6.07) is 12.8. The molecule has 23 heavy (non-hydrogen) atoms. The minimum atomic E-state index is -0.354. The van der Waals surface area contributed by atoms with Gasteiger partial charge < -0.3 is 9.72 Å². The first kappa shape index (κ1) is 15.1. The Bertz CT molecular complexity index is 868. The quantitative estimate of drug-likeness (QED) is 0.548. The van der Waals surface area contributed by atoms with Crippen LogP contribution < -0.4 is 4.74 Å². The Hall–Kier alpha value is -2.82. The highest BCUT2D eigenvalue weighted by atomic mass is 16.6. The zero-order chi connectivity index (χ0) is 16.4. The van der Waals surface area contributed by atoms with Crippen LogP contribution in [0.3, 0.4) is 0 Å². The van der Waals surface area contributed by atoms with Crippen molar-refractivity contribution in [2.24, 2.45) is 0 Å². The van der Waals surface area contributed by atoms with Crippen molar-refractivity contribution in [1.82, 2.24) is 4.98 Å². The van der Waals surface area contributed by atoms with Crippen molar-refractivity contribution >= 4 is 16.6 Å². The molecular weight excluding hydrogens is 292 g/mol. The number of aryl methyl sites for hydroxylation is 1. The van der Waals surface area contributed by atoms with Crippen LogP contribution in [-0.2, 0) is 6.42 Å². The molecule has 0 unspecified atom stereocenters. The molecule has 0 aliphatic rings. The van der Waals surface area contributed by atoms with Crippen molar-refractivity contribution < 1.29 is 9.66 Å². The lowest BCUT2D eigenvalue weighted by Gasteiger charge is -2.06. The van der Waals surface area contributed by atoms with Gasteiger partial charge in [-0.2, -0.15) is 0 Å². The number of rotatable bonds is 5. The topological polar surface area (TPSA) is 68.2 Å². The average molecular weight is 310 g/mol. The van der Waals surface area contributed by atoms with Crippen LogP contribution in [0.5, 0.6) is 5.75 Å². The summed E-state index contributed by atoms with van der Waals surface area (Å²) in [5.74, 6) is 0.787. The SMILES string of the molecule is CCCc1c(-c2cccc(OC)c2)[nH]c2ccc([N+](=O)[O-])cc12. The van der Waals surface area contributed by atoms with Crippen molar-refractivity contribution in [3.63, 3.8) is 0 Å². The largest absolute Gasteiger partial charge is 0.497 e. The molecule has 1 heterocycles. The van der Waals surface area contributed by atoms with E-state index in [2.05, 4.69) is 11.9 Å². The monoisotopic (exact) mass is 310 g/mol. The first-order valence-electron chi connectivity index (χ1n) is 7.57. The average Bonchev–Trinajstić information content (AvgIpc) is 2.93. The lowest BCUT2D eigenvalue weighted by Crippen LogP contribution is -1.89. The number of nitrogens with zero attached hydrogens (tertiary/aromatic N) is 1. The van der Waals surface area contributed by atoms with Crippen LogP contribution in [0.25, 0.3) is 22.2 Å². The number of nitro groups is 1. The summed E-state index contributed by atoms with van der Waals surface area (Å²) >= 11 is 0. The van der Waals surface area contributed by atoms with E-state index >= 15 is 0 Å². The van der Waals surface area contributed by atoms with Gasteiger partial charge in [0.15, 0.2) is 0 Å². The summed E-state index contributed by atoms with van der Waals surface area (Å²) in [5.41, 5.74) is 4.16. The number of aromatic nitrogens is 1.